The smallest absolute Gasteiger partial charge is 0.0419 e. The second-order valence-corrected chi connectivity index (χ2v) is 6.94. The Morgan fingerprint density at radius 1 is 1.29 bits per heavy atom. The first-order valence-corrected chi connectivity index (χ1v) is 5.22. The Bertz CT molecular complexity index is 52.1. The van der Waals surface area contributed by atoms with Crippen LogP contribution in [0.3, 0.4) is 0 Å². The number of halogens is 1. The molecule has 1 heterocycles. The van der Waals surface area contributed by atoms with Crippen LogP contribution in [-0.2, 0) is 0 Å². The van der Waals surface area contributed by atoms with Gasteiger partial charge in [-0.15, -0.1) is 0 Å². The van der Waals surface area contributed by atoms with Gasteiger partial charge in [-0.05, 0) is 0 Å². The van der Waals surface area contributed by atoms with Crippen LogP contribution >= 0.6 is 42.8 Å². The Kier molecular flexibility index (Phi) is 3.51. The zero-order valence-corrected chi connectivity index (χ0v) is 7.91. The van der Waals surface area contributed by atoms with Crippen LogP contribution < -0.4 is 9.72 Å². The molecule has 0 spiro atoms. The van der Waals surface area contributed by atoms with E-state index >= 15 is 0 Å². The summed E-state index contributed by atoms with van der Waals surface area (Å²) < 4.78 is 2.05. The molecule has 3 nitrogen and oxygen atoms in total. The lowest BCUT2D eigenvalue weighted by atomic mass is 13.8. The van der Waals surface area contributed by atoms with Crippen LogP contribution in [0, 0.1) is 0 Å². The molecule has 1 rings (SSSR count). The van der Waals surface area contributed by atoms with Crippen LogP contribution in [0.1, 0.15) is 0 Å². The van der Waals surface area contributed by atoms with E-state index < -0.39 is 0 Å². The molecule has 0 aromatic carbocycles. The van der Waals surface area contributed by atoms with Crippen molar-refractivity contribution in [3.8, 4) is 0 Å². The third-order valence-corrected chi connectivity index (χ3v) is 4.45. The third-order valence-electron chi connectivity index (χ3n) is 0.433. The van der Waals surface area contributed by atoms with Crippen molar-refractivity contribution >= 4 is 42.8 Å². The Hall–Kier alpha value is 1.65. The lowest BCUT2D eigenvalue weighted by Gasteiger charge is -2.19. The van der Waals surface area contributed by atoms with Gasteiger partial charge >= 0.3 is 0 Å². The maximum Gasteiger partial charge on any atom is 0.0419 e. The summed E-state index contributed by atoms with van der Waals surface area (Å²) in [6, 6.07) is 0. The van der Waals surface area contributed by atoms with Crippen LogP contribution in [0.15, 0.2) is 0 Å². The molecule has 1 aliphatic rings. The molecular weight excluding hydrogens is 215 g/mol. The van der Waals surface area contributed by atoms with Crippen molar-refractivity contribution in [2.45, 2.75) is 0 Å². The molecule has 0 aliphatic carbocycles. The minimum atomic E-state index is 0.738. The largest absolute Gasteiger partial charge is 0.253 e. The average Bonchev–Trinajstić information content (AvgIpc) is 1.69. The first-order chi connectivity index (χ1) is 3.39. The van der Waals surface area contributed by atoms with Crippen LogP contribution in [0.25, 0.3) is 0 Å². The molecule has 42 valence electrons. The van der Waals surface area contributed by atoms with Gasteiger partial charge in [-0.1, -0.05) is 0 Å². The van der Waals surface area contributed by atoms with E-state index in [1.165, 1.54) is 0 Å². The molecule has 7 heavy (non-hydrogen) atoms. The first-order valence-electron chi connectivity index (χ1n) is 1.62. The minimum absolute atomic E-state index is 0.738. The van der Waals surface area contributed by atoms with Gasteiger partial charge in [0.15, 0.2) is 0 Å². The molecule has 1 saturated heterocycles. The highest BCUT2D eigenvalue weighted by Gasteiger charge is 2.02. The molecule has 2 N–H and O–H groups in total. The second-order valence-electron chi connectivity index (χ2n) is 0.879. The van der Waals surface area contributed by atoms with E-state index in [1.807, 2.05) is 3.47 Å². The van der Waals surface area contributed by atoms with Gasteiger partial charge in [0.25, 0.3) is 0 Å². The highest BCUT2D eigenvalue weighted by Crippen LogP contribution is 2.39. The van der Waals surface area contributed by atoms with Crippen molar-refractivity contribution in [2.24, 2.45) is 0 Å². The fraction of sp³-hybridized carbons (Fsp3) is 0. The summed E-state index contributed by atoms with van der Waals surface area (Å²) in [5.74, 6) is 0. The number of hydrogen-bond acceptors (Lipinski definition) is 3. The van der Waals surface area contributed by atoms with Gasteiger partial charge in [0.05, 0.1) is 0 Å². The molecule has 0 radical (unpaired) electrons. The molecule has 7 heteroatoms. The molecule has 0 aromatic rings. The summed E-state index contributed by atoms with van der Waals surface area (Å²) in [5.41, 5.74) is 0. The van der Waals surface area contributed by atoms with Crippen LogP contribution in [0.2, 0.25) is 0 Å². The lowest BCUT2D eigenvalue weighted by molar-refractivity contribution is 1.22. The van der Waals surface area contributed by atoms with E-state index in [0.29, 0.717) is 0 Å². The zero-order chi connectivity index (χ0) is 5.11. The van der Waals surface area contributed by atoms with Crippen molar-refractivity contribution in [1.29, 1.82) is 0 Å². The SMILES string of the molecule is BrN1PNPNP1. The van der Waals surface area contributed by atoms with E-state index in [9.17, 15) is 0 Å². The van der Waals surface area contributed by atoms with Gasteiger partial charge in [0.2, 0.25) is 0 Å². The lowest BCUT2D eigenvalue weighted by Crippen LogP contribution is -2.06. The highest BCUT2D eigenvalue weighted by atomic mass is 79.9. The van der Waals surface area contributed by atoms with Gasteiger partial charge in [-0.2, -0.15) is 3.47 Å². The molecular formula is H5BrN3P3. The van der Waals surface area contributed by atoms with Crippen molar-refractivity contribution in [1.82, 2.24) is 13.2 Å². The monoisotopic (exact) mass is 219 g/mol. The topological polar surface area (TPSA) is 27.3 Å². The average molecular weight is 220 g/mol. The van der Waals surface area contributed by atoms with E-state index in [1.54, 1.807) is 0 Å². The first kappa shape index (κ1) is 6.77. The predicted molar refractivity (Wildman–Crippen MR) is 42.0 cm³/mol. The molecule has 0 saturated carbocycles. The molecule has 1 fully saturated rings. The Morgan fingerprint density at radius 3 is 2.14 bits per heavy atom. The van der Waals surface area contributed by atoms with Gasteiger partial charge in [-0.3, -0.25) is 9.72 Å². The van der Waals surface area contributed by atoms with Crippen molar-refractivity contribution in [3.63, 3.8) is 0 Å². The summed E-state index contributed by atoms with van der Waals surface area (Å²) in [6.07, 6.45) is 0. The van der Waals surface area contributed by atoms with Crippen LogP contribution in [0.4, 0.5) is 0 Å². The summed E-state index contributed by atoms with van der Waals surface area (Å²) >= 11 is 3.33. The fourth-order valence-corrected chi connectivity index (χ4v) is 5.08. The van der Waals surface area contributed by atoms with Gasteiger partial charge in [0, 0.05) is 42.8 Å². The molecule has 2 atom stereocenters. The third kappa shape index (κ3) is 2.62. The van der Waals surface area contributed by atoms with E-state index in [2.05, 4.69) is 25.9 Å². The zero-order valence-electron chi connectivity index (χ0n) is 3.33. The Morgan fingerprint density at radius 2 is 1.86 bits per heavy atom. The van der Waals surface area contributed by atoms with Crippen LogP contribution in [0.5, 0.6) is 0 Å². The Balaban J connectivity index is 2.12. The van der Waals surface area contributed by atoms with Gasteiger partial charge in [-0.25, -0.2) is 0 Å². The molecule has 0 amide bonds. The van der Waals surface area contributed by atoms with Gasteiger partial charge < -0.3 is 0 Å². The van der Waals surface area contributed by atoms with Crippen molar-refractivity contribution in [2.75, 3.05) is 0 Å². The fourth-order valence-electron chi connectivity index (χ4n) is 0.213. The number of rotatable bonds is 0. The van der Waals surface area contributed by atoms with E-state index in [0.717, 1.165) is 26.6 Å². The molecule has 1 aliphatic heterocycles. The minimum Gasteiger partial charge on any atom is -0.253 e. The van der Waals surface area contributed by atoms with E-state index in [-0.39, 0.29) is 0 Å². The second kappa shape index (κ2) is 3.63. The van der Waals surface area contributed by atoms with Crippen molar-refractivity contribution < 1.29 is 0 Å². The maximum atomic E-state index is 3.33. The molecule has 0 aromatic heterocycles. The summed E-state index contributed by atoms with van der Waals surface area (Å²) in [7, 11) is 2.22. The highest BCUT2D eigenvalue weighted by molar-refractivity contribution is 9.09. The van der Waals surface area contributed by atoms with Gasteiger partial charge in [0.1, 0.15) is 0 Å². The number of nitrogens with one attached hydrogen (secondary N) is 2. The summed E-state index contributed by atoms with van der Waals surface area (Å²) in [6.45, 7) is 0. The van der Waals surface area contributed by atoms with Crippen molar-refractivity contribution in [3.05, 3.63) is 0 Å². The standard InChI is InChI=1S/BrH5N3P3/c1-4-6-2-5-3-7-4/h2-3,5-7H. The molecule has 0 bridgehead atoms. The summed E-state index contributed by atoms with van der Waals surface area (Å²) in [5, 5.41) is 0. The normalized spacial score (nSPS) is 35.6. The quantitative estimate of drug-likeness (QED) is 0.476. The van der Waals surface area contributed by atoms with E-state index in [4.69, 9.17) is 0 Å². The Labute approximate surface area is 56.4 Å². The van der Waals surface area contributed by atoms with Crippen LogP contribution in [-0.4, -0.2) is 3.47 Å². The number of hydrogen-bond donors (Lipinski definition) is 2. The maximum absolute atomic E-state index is 3.33. The molecule has 2 unspecified atom stereocenters. The summed E-state index contributed by atoms with van der Waals surface area (Å²) in [4.78, 5) is 6.33. The predicted octanol–water partition coefficient (Wildman–Crippen LogP) is 1.32. The number of nitrogens with zero attached hydrogens (tertiary/aromatic N) is 1.